The molecule has 0 spiro atoms. The molecule has 0 aromatic carbocycles. The monoisotopic (exact) mass is 342 g/mol. The Morgan fingerprint density at radius 3 is 2.48 bits per heavy atom. The molecule has 1 N–H and O–H groups in total. The molecule has 1 fully saturated rings. The number of rotatable bonds is 5. The highest BCUT2D eigenvalue weighted by Gasteiger charge is 2.32. The van der Waals surface area contributed by atoms with Crippen molar-refractivity contribution in [2.75, 3.05) is 26.7 Å². The molecule has 0 unspecified atom stereocenters. The van der Waals surface area contributed by atoms with Crippen LogP contribution >= 0.6 is 23.7 Å². The number of piperidine rings is 1. The molecule has 0 bridgehead atoms. The van der Waals surface area contributed by atoms with Crippen LogP contribution in [0.1, 0.15) is 29.0 Å². The molecular formula is C14H22ClF3N2S. The molecule has 1 aliphatic rings. The molecule has 1 aromatic heterocycles. The largest absolute Gasteiger partial charge is 0.425 e. The zero-order valence-corrected chi connectivity index (χ0v) is 13.7. The summed E-state index contributed by atoms with van der Waals surface area (Å²) in [4.78, 5) is 2.59. The summed E-state index contributed by atoms with van der Waals surface area (Å²) >= 11 is 0.871. The van der Waals surface area contributed by atoms with Crippen molar-refractivity contribution in [1.29, 1.82) is 0 Å². The molecule has 0 aliphatic carbocycles. The van der Waals surface area contributed by atoms with Crippen LogP contribution < -0.4 is 5.32 Å². The van der Waals surface area contributed by atoms with Gasteiger partial charge < -0.3 is 5.32 Å². The number of thiophene rings is 1. The van der Waals surface area contributed by atoms with Crippen molar-refractivity contribution < 1.29 is 13.2 Å². The molecule has 7 heteroatoms. The molecular weight excluding hydrogens is 321 g/mol. The number of hydrogen-bond donors (Lipinski definition) is 1. The smallest absolute Gasteiger partial charge is 0.320 e. The second-order valence-electron chi connectivity index (χ2n) is 5.38. The summed E-state index contributed by atoms with van der Waals surface area (Å²) in [5.41, 5.74) is 0. The van der Waals surface area contributed by atoms with Crippen LogP contribution in [-0.2, 0) is 12.7 Å². The number of likely N-dealkylation sites (tertiary alicyclic amines) is 1. The molecule has 122 valence electrons. The van der Waals surface area contributed by atoms with E-state index in [9.17, 15) is 13.2 Å². The van der Waals surface area contributed by atoms with Crippen LogP contribution in [0.5, 0.6) is 0 Å². The summed E-state index contributed by atoms with van der Waals surface area (Å²) in [5.74, 6) is 0.757. The Labute approximate surface area is 134 Å². The SMILES string of the molecule is CNCCC1CCN(Cc2ccc(C(F)(F)F)s2)CC1.Cl. The van der Waals surface area contributed by atoms with E-state index in [1.165, 1.54) is 12.5 Å². The van der Waals surface area contributed by atoms with Gasteiger partial charge in [-0.25, -0.2) is 0 Å². The van der Waals surface area contributed by atoms with Crippen LogP contribution in [-0.4, -0.2) is 31.6 Å². The zero-order chi connectivity index (χ0) is 14.6. The number of nitrogens with one attached hydrogen (secondary N) is 1. The maximum Gasteiger partial charge on any atom is 0.425 e. The van der Waals surface area contributed by atoms with Gasteiger partial charge in [-0.1, -0.05) is 0 Å². The average Bonchev–Trinajstić information content (AvgIpc) is 2.86. The molecule has 2 rings (SSSR count). The third kappa shape index (κ3) is 5.77. The summed E-state index contributed by atoms with van der Waals surface area (Å²) < 4.78 is 37.6. The molecule has 1 aliphatic heterocycles. The first-order chi connectivity index (χ1) is 9.49. The van der Waals surface area contributed by atoms with Crippen LogP contribution in [0.3, 0.4) is 0 Å². The molecule has 2 nitrogen and oxygen atoms in total. The van der Waals surface area contributed by atoms with Gasteiger partial charge >= 0.3 is 6.18 Å². The Morgan fingerprint density at radius 2 is 1.95 bits per heavy atom. The lowest BCUT2D eigenvalue weighted by Gasteiger charge is -2.31. The molecule has 0 saturated carbocycles. The summed E-state index contributed by atoms with van der Waals surface area (Å²) in [6, 6.07) is 2.81. The topological polar surface area (TPSA) is 15.3 Å². The first-order valence-corrected chi connectivity index (χ1v) is 7.83. The second-order valence-corrected chi connectivity index (χ2v) is 6.54. The van der Waals surface area contributed by atoms with Gasteiger partial charge in [-0.05, 0) is 64.0 Å². The highest BCUT2D eigenvalue weighted by molar-refractivity contribution is 7.12. The minimum absolute atomic E-state index is 0. The summed E-state index contributed by atoms with van der Waals surface area (Å²) in [7, 11) is 1.96. The van der Waals surface area contributed by atoms with Crippen molar-refractivity contribution in [3.8, 4) is 0 Å². The lowest BCUT2D eigenvalue weighted by molar-refractivity contribution is -0.134. The van der Waals surface area contributed by atoms with Gasteiger partial charge in [-0.3, -0.25) is 4.90 Å². The van der Waals surface area contributed by atoms with Gasteiger partial charge in [0.25, 0.3) is 0 Å². The van der Waals surface area contributed by atoms with Gasteiger partial charge in [-0.2, -0.15) is 13.2 Å². The molecule has 0 atom stereocenters. The fourth-order valence-corrected chi connectivity index (χ4v) is 3.53. The summed E-state index contributed by atoms with van der Waals surface area (Å²) in [5, 5.41) is 3.16. The quantitative estimate of drug-likeness (QED) is 0.869. The predicted molar refractivity (Wildman–Crippen MR) is 83.1 cm³/mol. The van der Waals surface area contributed by atoms with E-state index in [4.69, 9.17) is 0 Å². The average molecular weight is 343 g/mol. The predicted octanol–water partition coefficient (Wildman–Crippen LogP) is 4.01. The van der Waals surface area contributed by atoms with E-state index in [0.717, 1.165) is 54.6 Å². The highest BCUT2D eigenvalue weighted by Crippen LogP contribution is 2.35. The number of nitrogens with zero attached hydrogens (tertiary/aromatic N) is 1. The number of alkyl halides is 3. The molecule has 0 amide bonds. The van der Waals surface area contributed by atoms with E-state index in [2.05, 4.69) is 10.2 Å². The van der Waals surface area contributed by atoms with Crippen molar-refractivity contribution in [2.24, 2.45) is 5.92 Å². The van der Waals surface area contributed by atoms with Crippen molar-refractivity contribution in [1.82, 2.24) is 10.2 Å². The third-order valence-electron chi connectivity index (χ3n) is 3.83. The van der Waals surface area contributed by atoms with Crippen LogP contribution in [0.15, 0.2) is 12.1 Å². The fourth-order valence-electron chi connectivity index (χ4n) is 2.62. The Balaban J connectivity index is 0.00000220. The van der Waals surface area contributed by atoms with Crippen molar-refractivity contribution >= 4 is 23.7 Å². The maximum atomic E-state index is 12.5. The van der Waals surface area contributed by atoms with E-state index in [1.54, 1.807) is 6.07 Å². The van der Waals surface area contributed by atoms with Crippen molar-refractivity contribution in [2.45, 2.75) is 32.0 Å². The van der Waals surface area contributed by atoms with Gasteiger partial charge in [-0.15, -0.1) is 23.7 Å². The second kappa shape index (κ2) is 8.36. The molecule has 1 aromatic rings. The van der Waals surface area contributed by atoms with E-state index in [0.29, 0.717) is 6.54 Å². The summed E-state index contributed by atoms with van der Waals surface area (Å²) in [6.45, 7) is 3.69. The Hall–Kier alpha value is -0.300. The molecule has 0 radical (unpaired) electrons. The fraction of sp³-hybridized carbons (Fsp3) is 0.714. The maximum absolute atomic E-state index is 12.5. The number of hydrogen-bond acceptors (Lipinski definition) is 3. The van der Waals surface area contributed by atoms with Crippen LogP contribution in [0, 0.1) is 5.92 Å². The minimum atomic E-state index is -4.21. The van der Waals surface area contributed by atoms with Crippen LogP contribution in [0.2, 0.25) is 0 Å². The number of halogens is 4. The van der Waals surface area contributed by atoms with E-state index in [1.807, 2.05) is 7.05 Å². The lowest BCUT2D eigenvalue weighted by atomic mass is 9.93. The Kier molecular flexibility index (Phi) is 7.47. The molecule has 1 saturated heterocycles. The van der Waals surface area contributed by atoms with Crippen LogP contribution in [0.4, 0.5) is 13.2 Å². The van der Waals surface area contributed by atoms with Gasteiger partial charge in [0.15, 0.2) is 0 Å². The van der Waals surface area contributed by atoms with E-state index >= 15 is 0 Å². The Morgan fingerprint density at radius 1 is 1.29 bits per heavy atom. The normalized spacial score (nSPS) is 17.7. The molecule has 21 heavy (non-hydrogen) atoms. The van der Waals surface area contributed by atoms with Gasteiger partial charge in [0.05, 0.1) is 0 Å². The summed E-state index contributed by atoms with van der Waals surface area (Å²) in [6.07, 6.45) is -0.705. The minimum Gasteiger partial charge on any atom is -0.320 e. The van der Waals surface area contributed by atoms with E-state index in [-0.39, 0.29) is 12.4 Å². The standard InChI is InChI=1S/C14H21F3N2S.ClH/c1-18-7-4-11-5-8-19(9-6-11)10-12-2-3-13(20-12)14(15,16)17;/h2-3,11,18H,4-10H2,1H3;1H. The van der Waals surface area contributed by atoms with E-state index < -0.39 is 11.1 Å². The van der Waals surface area contributed by atoms with Gasteiger partial charge in [0.2, 0.25) is 0 Å². The first-order valence-electron chi connectivity index (χ1n) is 7.02. The third-order valence-corrected chi connectivity index (χ3v) is 4.95. The molecule has 2 heterocycles. The van der Waals surface area contributed by atoms with Crippen molar-refractivity contribution in [3.05, 3.63) is 21.9 Å². The Bertz CT molecular complexity index is 415. The van der Waals surface area contributed by atoms with Gasteiger partial charge in [0, 0.05) is 11.4 Å². The lowest BCUT2D eigenvalue weighted by Crippen LogP contribution is -2.33. The highest BCUT2D eigenvalue weighted by atomic mass is 35.5. The first kappa shape index (κ1) is 18.7. The van der Waals surface area contributed by atoms with Crippen molar-refractivity contribution in [3.63, 3.8) is 0 Å². The van der Waals surface area contributed by atoms with Crippen LogP contribution in [0.25, 0.3) is 0 Å². The van der Waals surface area contributed by atoms with Gasteiger partial charge in [0.1, 0.15) is 4.88 Å². The zero-order valence-electron chi connectivity index (χ0n) is 12.1.